The van der Waals surface area contributed by atoms with E-state index in [1.165, 1.54) is 24.3 Å². The third-order valence-corrected chi connectivity index (χ3v) is 3.80. The van der Waals surface area contributed by atoms with Crippen molar-refractivity contribution in [3.05, 3.63) is 78.4 Å². The number of aromatic hydroxyl groups is 1. The fraction of sp³-hybridized carbons (Fsp3) is 0.0952. The van der Waals surface area contributed by atoms with Gasteiger partial charge in [-0.1, -0.05) is 0 Å². The number of azo groups is 1. The van der Waals surface area contributed by atoms with Gasteiger partial charge in [0.2, 0.25) is 0 Å². The lowest BCUT2D eigenvalue weighted by atomic mass is 10.2. The lowest BCUT2D eigenvalue weighted by molar-refractivity contribution is 0.0734. The molecule has 3 rings (SSSR count). The minimum Gasteiger partial charge on any atom is -0.508 e. The van der Waals surface area contributed by atoms with Crippen molar-refractivity contribution in [2.24, 2.45) is 10.2 Å². The summed E-state index contributed by atoms with van der Waals surface area (Å²) in [6, 6.07) is 20.3. The van der Waals surface area contributed by atoms with Gasteiger partial charge in [0.25, 0.3) is 0 Å². The van der Waals surface area contributed by atoms with Crippen molar-refractivity contribution in [1.82, 2.24) is 0 Å². The number of phenols is 1. The highest BCUT2D eigenvalue weighted by molar-refractivity contribution is 5.91. The molecule has 0 heterocycles. The van der Waals surface area contributed by atoms with Gasteiger partial charge in [-0.15, -0.1) is 0 Å². The standard InChI is InChI=1S/C21H19N3O3/c1-24(2)18-9-7-17(8-10-18)23-22-16-5-3-15(4-6-16)21(26)27-20-13-11-19(25)12-14-20/h3-14,25H,1-2H3. The fourth-order valence-corrected chi connectivity index (χ4v) is 2.28. The van der Waals surface area contributed by atoms with E-state index in [0.717, 1.165) is 11.4 Å². The number of nitrogens with zero attached hydrogens (tertiary/aromatic N) is 3. The summed E-state index contributed by atoms with van der Waals surface area (Å²) in [5.41, 5.74) is 2.87. The van der Waals surface area contributed by atoms with Crippen LogP contribution in [-0.4, -0.2) is 25.2 Å². The predicted octanol–water partition coefficient (Wildman–Crippen LogP) is 5.09. The van der Waals surface area contributed by atoms with E-state index in [9.17, 15) is 9.90 Å². The second-order valence-electron chi connectivity index (χ2n) is 6.04. The first-order chi connectivity index (χ1) is 13.0. The Morgan fingerprint density at radius 2 is 1.33 bits per heavy atom. The third-order valence-electron chi connectivity index (χ3n) is 3.80. The summed E-state index contributed by atoms with van der Waals surface area (Å²) in [6.07, 6.45) is 0. The molecular formula is C21H19N3O3. The summed E-state index contributed by atoms with van der Waals surface area (Å²) in [5, 5.41) is 17.6. The highest BCUT2D eigenvalue weighted by Crippen LogP contribution is 2.22. The molecule has 0 aliphatic rings. The largest absolute Gasteiger partial charge is 0.508 e. The van der Waals surface area contributed by atoms with E-state index in [-0.39, 0.29) is 5.75 Å². The molecule has 0 unspecified atom stereocenters. The number of rotatable bonds is 5. The highest BCUT2D eigenvalue weighted by atomic mass is 16.5. The molecule has 6 nitrogen and oxygen atoms in total. The Morgan fingerprint density at radius 1 is 0.815 bits per heavy atom. The minimum atomic E-state index is -0.483. The molecule has 0 saturated carbocycles. The van der Waals surface area contributed by atoms with Crippen LogP contribution in [0, 0.1) is 0 Å². The Kier molecular flexibility index (Phi) is 5.47. The molecule has 1 N–H and O–H groups in total. The van der Waals surface area contributed by atoms with Gasteiger partial charge in [0.05, 0.1) is 16.9 Å². The number of hydrogen-bond donors (Lipinski definition) is 1. The average molecular weight is 361 g/mol. The highest BCUT2D eigenvalue weighted by Gasteiger charge is 2.08. The van der Waals surface area contributed by atoms with E-state index < -0.39 is 5.97 Å². The summed E-state index contributed by atoms with van der Waals surface area (Å²) in [5.74, 6) is -0.00736. The summed E-state index contributed by atoms with van der Waals surface area (Å²) in [4.78, 5) is 14.1. The van der Waals surface area contributed by atoms with Crippen LogP contribution in [0.4, 0.5) is 17.1 Å². The van der Waals surface area contributed by atoms with Gasteiger partial charge in [0.1, 0.15) is 11.5 Å². The van der Waals surface area contributed by atoms with Gasteiger partial charge in [-0.05, 0) is 72.8 Å². The lowest BCUT2D eigenvalue weighted by Crippen LogP contribution is -2.07. The van der Waals surface area contributed by atoms with Crippen molar-refractivity contribution in [1.29, 1.82) is 0 Å². The molecule has 0 atom stereocenters. The monoisotopic (exact) mass is 361 g/mol. The van der Waals surface area contributed by atoms with Gasteiger partial charge in [-0.3, -0.25) is 0 Å². The maximum atomic E-state index is 12.1. The SMILES string of the molecule is CN(C)c1ccc(N=Nc2ccc(C(=O)Oc3ccc(O)cc3)cc2)cc1. The molecule has 0 fully saturated rings. The third kappa shape index (κ3) is 4.92. The van der Waals surface area contributed by atoms with E-state index in [0.29, 0.717) is 17.0 Å². The van der Waals surface area contributed by atoms with Crippen LogP contribution >= 0.6 is 0 Å². The number of benzene rings is 3. The lowest BCUT2D eigenvalue weighted by Gasteiger charge is -2.11. The first-order valence-electron chi connectivity index (χ1n) is 8.32. The minimum absolute atomic E-state index is 0.112. The summed E-state index contributed by atoms with van der Waals surface area (Å²) < 4.78 is 5.25. The zero-order valence-electron chi connectivity index (χ0n) is 15.0. The maximum Gasteiger partial charge on any atom is 0.343 e. The van der Waals surface area contributed by atoms with Crippen LogP contribution in [0.15, 0.2) is 83.0 Å². The molecule has 0 aliphatic carbocycles. The molecule has 0 spiro atoms. The number of esters is 1. The maximum absolute atomic E-state index is 12.1. The summed E-state index contributed by atoms with van der Waals surface area (Å²) in [6.45, 7) is 0. The first kappa shape index (κ1) is 18.1. The fourth-order valence-electron chi connectivity index (χ4n) is 2.28. The van der Waals surface area contributed by atoms with Gasteiger partial charge in [-0.25, -0.2) is 4.79 Å². The molecule has 0 saturated heterocycles. The van der Waals surface area contributed by atoms with Crippen LogP contribution < -0.4 is 9.64 Å². The van der Waals surface area contributed by atoms with Crippen molar-refractivity contribution in [3.8, 4) is 11.5 Å². The number of anilines is 1. The van der Waals surface area contributed by atoms with Crippen molar-refractivity contribution in [2.75, 3.05) is 19.0 Å². The summed E-state index contributed by atoms with van der Waals surface area (Å²) in [7, 11) is 3.95. The van der Waals surface area contributed by atoms with Crippen molar-refractivity contribution in [2.45, 2.75) is 0 Å². The van der Waals surface area contributed by atoms with Crippen molar-refractivity contribution in [3.63, 3.8) is 0 Å². The Hall–Kier alpha value is -3.67. The molecule has 0 radical (unpaired) electrons. The summed E-state index contributed by atoms with van der Waals surface area (Å²) >= 11 is 0. The molecule has 27 heavy (non-hydrogen) atoms. The predicted molar refractivity (Wildman–Crippen MR) is 104 cm³/mol. The number of ether oxygens (including phenoxy) is 1. The van der Waals surface area contributed by atoms with Gasteiger partial charge >= 0.3 is 5.97 Å². The molecule has 0 amide bonds. The molecule has 136 valence electrons. The molecular weight excluding hydrogens is 342 g/mol. The Labute approximate surface area is 157 Å². The molecule has 3 aromatic carbocycles. The van der Waals surface area contributed by atoms with E-state index in [1.54, 1.807) is 24.3 Å². The van der Waals surface area contributed by atoms with E-state index >= 15 is 0 Å². The molecule has 3 aromatic rings. The average Bonchev–Trinajstić information content (AvgIpc) is 2.69. The van der Waals surface area contributed by atoms with Gasteiger partial charge in [0.15, 0.2) is 0 Å². The van der Waals surface area contributed by atoms with E-state index in [4.69, 9.17) is 4.74 Å². The quantitative estimate of drug-likeness (QED) is 0.390. The van der Waals surface area contributed by atoms with E-state index in [1.807, 2.05) is 43.3 Å². The number of carbonyl (C=O) groups excluding carboxylic acids is 1. The topological polar surface area (TPSA) is 74.5 Å². The van der Waals surface area contributed by atoms with Crippen molar-refractivity contribution >= 4 is 23.0 Å². The Bertz CT molecular complexity index is 932. The number of hydrogen-bond acceptors (Lipinski definition) is 6. The molecule has 0 aromatic heterocycles. The molecule has 0 aliphatic heterocycles. The Morgan fingerprint density at radius 3 is 1.85 bits per heavy atom. The molecule has 0 bridgehead atoms. The van der Waals surface area contributed by atoms with Crippen LogP contribution in [0.1, 0.15) is 10.4 Å². The van der Waals surface area contributed by atoms with Gasteiger partial charge in [0, 0.05) is 19.8 Å². The van der Waals surface area contributed by atoms with Crippen LogP contribution in [-0.2, 0) is 0 Å². The number of phenolic OH excluding ortho intramolecular Hbond substituents is 1. The van der Waals surface area contributed by atoms with Gasteiger partial charge < -0.3 is 14.7 Å². The zero-order valence-corrected chi connectivity index (χ0v) is 15.0. The first-order valence-corrected chi connectivity index (χ1v) is 8.32. The molecule has 6 heteroatoms. The second-order valence-corrected chi connectivity index (χ2v) is 6.04. The normalized spacial score (nSPS) is 10.7. The number of carbonyl (C=O) groups is 1. The van der Waals surface area contributed by atoms with Crippen LogP contribution in [0.25, 0.3) is 0 Å². The second kappa shape index (κ2) is 8.14. The van der Waals surface area contributed by atoms with Crippen LogP contribution in [0.5, 0.6) is 11.5 Å². The Balaban J connectivity index is 1.64. The van der Waals surface area contributed by atoms with Crippen molar-refractivity contribution < 1.29 is 14.6 Å². The van der Waals surface area contributed by atoms with Gasteiger partial charge in [-0.2, -0.15) is 10.2 Å². The van der Waals surface area contributed by atoms with Crippen LogP contribution in [0.2, 0.25) is 0 Å². The smallest absolute Gasteiger partial charge is 0.343 e. The van der Waals surface area contributed by atoms with E-state index in [2.05, 4.69) is 10.2 Å². The van der Waals surface area contributed by atoms with Crippen LogP contribution in [0.3, 0.4) is 0 Å². The zero-order chi connectivity index (χ0) is 19.2.